The van der Waals surface area contributed by atoms with Gasteiger partial charge in [0, 0.05) is 76.9 Å². The SMILES string of the molecule is c1ccc(N(c2ccc(-c3ccccc3-c3ccc4c(c3)c3ccccc3n4-c3cccc4c3oc3ccccc34)cc2)c2cccc3ccccc23)cc1.c1ccc(N(c2ccccc2)c2ccc(-c3ccccc3-c3ccc4c(c3)c3ccccc3n4-c3cccc4c3oc3ccccc34)cc2)cc1. The Labute approximate surface area is 612 Å². The highest BCUT2D eigenvalue weighted by Gasteiger charge is 2.23. The molecular weight excluding hydrogens is 1290 g/mol. The molecule has 4 aromatic heterocycles. The number of rotatable bonds is 12. The maximum Gasteiger partial charge on any atom is 0.159 e. The van der Waals surface area contributed by atoms with Crippen LogP contribution in [0.4, 0.5) is 34.1 Å². The number of benzene rings is 17. The Morgan fingerprint density at radius 2 is 0.519 bits per heavy atom. The molecule has 21 rings (SSSR count). The molecule has 0 bridgehead atoms. The van der Waals surface area contributed by atoms with E-state index in [1.807, 2.05) is 24.3 Å². The van der Waals surface area contributed by atoms with Gasteiger partial charge in [-0.2, -0.15) is 0 Å². The van der Waals surface area contributed by atoms with Crippen LogP contribution in [0.3, 0.4) is 0 Å². The molecule has 0 aliphatic heterocycles. The molecule has 0 spiro atoms. The van der Waals surface area contributed by atoms with Gasteiger partial charge in [0.25, 0.3) is 0 Å². The lowest BCUT2D eigenvalue weighted by Gasteiger charge is -2.27. The van der Waals surface area contributed by atoms with E-state index in [0.717, 1.165) is 111 Å². The van der Waals surface area contributed by atoms with Crippen LogP contribution in [0.25, 0.3) is 154 Å². The zero-order chi connectivity index (χ0) is 70.0. The van der Waals surface area contributed by atoms with Gasteiger partial charge in [-0.15, -0.1) is 0 Å². The van der Waals surface area contributed by atoms with Crippen LogP contribution >= 0.6 is 0 Å². The third-order valence-corrected chi connectivity index (χ3v) is 21.0. The van der Waals surface area contributed by atoms with Crippen molar-refractivity contribution in [3.05, 3.63) is 400 Å². The number of para-hydroxylation sites is 9. The van der Waals surface area contributed by atoms with Crippen molar-refractivity contribution >= 4 is 132 Å². The summed E-state index contributed by atoms with van der Waals surface area (Å²) in [6.45, 7) is 0. The van der Waals surface area contributed by atoms with E-state index in [-0.39, 0.29) is 0 Å². The van der Waals surface area contributed by atoms with Gasteiger partial charge in [0.2, 0.25) is 0 Å². The van der Waals surface area contributed by atoms with E-state index in [1.54, 1.807) is 0 Å². The topological polar surface area (TPSA) is 42.6 Å². The predicted octanol–water partition coefficient (Wildman–Crippen LogP) is 28.1. The van der Waals surface area contributed by atoms with E-state index in [4.69, 9.17) is 8.83 Å². The number of anilines is 6. The smallest absolute Gasteiger partial charge is 0.159 e. The lowest BCUT2D eigenvalue weighted by Crippen LogP contribution is -2.10. The third kappa shape index (κ3) is 10.6. The van der Waals surface area contributed by atoms with Gasteiger partial charge in [-0.3, -0.25) is 0 Å². The Bertz CT molecular complexity index is 6840. The van der Waals surface area contributed by atoms with Crippen LogP contribution in [0, 0.1) is 0 Å². The van der Waals surface area contributed by atoms with Crippen molar-refractivity contribution in [3.63, 3.8) is 0 Å². The average molecular weight is 1360 g/mol. The Morgan fingerprint density at radius 1 is 0.198 bits per heavy atom. The normalized spacial score (nSPS) is 11.6. The van der Waals surface area contributed by atoms with Gasteiger partial charge < -0.3 is 27.8 Å². The molecule has 0 aliphatic rings. The van der Waals surface area contributed by atoms with Gasteiger partial charge in [0.15, 0.2) is 11.2 Å². The number of fused-ring (bicyclic) bond motifs is 13. The predicted molar refractivity (Wildman–Crippen MR) is 445 cm³/mol. The second-order valence-corrected chi connectivity index (χ2v) is 27.0. The zero-order valence-electron chi connectivity index (χ0n) is 57.7. The molecule has 17 aromatic carbocycles. The number of furan rings is 2. The molecule has 0 aliphatic carbocycles. The average Bonchev–Trinajstić information content (AvgIpc) is 1.58. The summed E-state index contributed by atoms with van der Waals surface area (Å²) in [7, 11) is 0. The Morgan fingerprint density at radius 3 is 0.991 bits per heavy atom. The monoisotopic (exact) mass is 1350 g/mol. The van der Waals surface area contributed by atoms with Gasteiger partial charge in [0.05, 0.1) is 39.1 Å². The first-order chi connectivity index (χ1) is 52.6. The largest absolute Gasteiger partial charge is 0.454 e. The number of aromatic nitrogens is 2. The summed E-state index contributed by atoms with van der Waals surface area (Å²) in [6.07, 6.45) is 0. The minimum Gasteiger partial charge on any atom is -0.454 e. The van der Waals surface area contributed by atoms with E-state index in [2.05, 4.69) is 395 Å². The van der Waals surface area contributed by atoms with Gasteiger partial charge in [-0.25, -0.2) is 0 Å². The Hall–Kier alpha value is -14.2. The van der Waals surface area contributed by atoms with Crippen LogP contribution in [-0.4, -0.2) is 9.13 Å². The highest BCUT2D eigenvalue weighted by molar-refractivity contribution is 6.16. The molecule has 0 fully saturated rings. The lowest BCUT2D eigenvalue weighted by atomic mass is 9.93. The molecular formula is C100H66N4O2. The summed E-state index contributed by atoms with van der Waals surface area (Å²) in [5.74, 6) is 0. The number of nitrogens with zero attached hydrogens (tertiary/aromatic N) is 4. The van der Waals surface area contributed by atoms with E-state index in [9.17, 15) is 0 Å². The van der Waals surface area contributed by atoms with Crippen LogP contribution in [-0.2, 0) is 0 Å². The molecule has 0 saturated carbocycles. The third-order valence-electron chi connectivity index (χ3n) is 21.0. The zero-order valence-corrected chi connectivity index (χ0v) is 57.7. The lowest BCUT2D eigenvalue weighted by molar-refractivity contribution is 0.666. The molecule has 21 aromatic rings. The molecule has 0 amide bonds. The quantitative estimate of drug-likeness (QED) is 0.122. The minimum absolute atomic E-state index is 0.899. The van der Waals surface area contributed by atoms with Gasteiger partial charge in [-0.05, 0) is 177 Å². The molecule has 6 heteroatoms. The summed E-state index contributed by atoms with van der Waals surface area (Å²) in [4.78, 5) is 4.65. The highest BCUT2D eigenvalue weighted by Crippen LogP contribution is 2.46. The van der Waals surface area contributed by atoms with E-state index in [0.29, 0.717) is 0 Å². The van der Waals surface area contributed by atoms with Crippen molar-refractivity contribution in [2.45, 2.75) is 0 Å². The summed E-state index contributed by atoms with van der Waals surface area (Å²) in [6, 6.07) is 143. The molecule has 4 heterocycles. The van der Waals surface area contributed by atoms with Crippen molar-refractivity contribution in [2.75, 3.05) is 9.80 Å². The van der Waals surface area contributed by atoms with E-state index in [1.165, 1.54) is 76.8 Å². The van der Waals surface area contributed by atoms with Crippen LogP contribution < -0.4 is 9.80 Å². The Kier molecular flexibility index (Phi) is 15.1. The van der Waals surface area contributed by atoms with Crippen molar-refractivity contribution in [2.24, 2.45) is 0 Å². The summed E-state index contributed by atoms with van der Waals surface area (Å²) in [5, 5.41) is 11.8. The van der Waals surface area contributed by atoms with Crippen LogP contribution in [0.5, 0.6) is 0 Å². The van der Waals surface area contributed by atoms with E-state index < -0.39 is 0 Å². The van der Waals surface area contributed by atoms with Gasteiger partial charge in [0.1, 0.15) is 11.2 Å². The number of hydrogen-bond donors (Lipinski definition) is 0. The van der Waals surface area contributed by atoms with Gasteiger partial charge in [-0.1, -0.05) is 273 Å². The Balaban J connectivity index is 0.000000141. The van der Waals surface area contributed by atoms with Crippen LogP contribution in [0.1, 0.15) is 0 Å². The number of hydrogen-bond acceptors (Lipinski definition) is 4. The summed E-state index contributed by atoms with van der Waals surface area (Å²) < 4.78 is 17.8. The van der Waals surface area contributed by atoms with Crippen LogP contribution in [0.2, 0.25) is 0 Å². The molecule has 0 radical (unpaired) electrons. The molecule has 0 saturated heterocycles. The maximum atomic E-state index is 6.53. The molecule has 498 valence electrons. The molecule has 0 N–H and O–H groups in total. The molecule has 0 atom stereocenters. The first-order valence-corrected chi connectivity index (χ1v) is 36.1. The first kappa shape index (κ1) is 61.7. The second-order valence-electron chi connectivity index (χ2n) is 27.0. The fourth-order valence-corrected chi connectivity index (χ4v) is 16.2. The fourth-order valence-electron chi connectivity index (χ4n) is 16.2. The first-order valence-electron chi connectivity index (χ1n) is 36.1. The van der Waals surface area contributed by atoms with Crippen molar-refractivity contribution in [3.8, 4) is 55.9 Å². The van der Waals surface area contributed by atoms with Crippen LogP contribution in [0.15, 0.2) is 409 Å². The van der Waals surface area contributed by atoms with E-state index >= 15 is 0 Å². The van der Waals surface area contributed by atoms with Gasteiger partial charge >= 0.3 is 0 Å². The summed E-state index contributed by atoms with van der Waals surface area (Å²) in [5.41, 5.74) is 26.5. The summed E-state index contributed by atoms with van der Waals surface area (Å²) >= 11 is 0. The molecule has 0 unspecified atom stereocenters. The van der Waals surface area contributed by atoms with Crippen molar-refractivity contribution < 1.29 is 8.83 Å². The standard InChI is InChI=1S/C52H34N2O.C48H32N2O/c1-2-16-38(17-3-1)53(47-25-12-15-35-14-4-5-20-42(35)47)39-31-28-36(29-32-39)40-18-6-7-19-41(40)37-30-33-49-46(34-37)43-21-8-10-24-48(43)54(49)50-26-13-23-45-44-22-9-11-27-51(44)55-52(45)50;1-3-14-35(15-4-1)49(36-16-5-2-6-17-36)37-29-26-33(27-30-37)38-18-7-8-19-39(38)34-28-31-45-43(32-34)40-20-9-11-23-44(40)50(45)46-24-13-22-42-41-21-10-12-25-47(41)51-48(42)46/h1-34H;1-32H. The molecule has 106 heavy (non-hydrogen) atoms. The second kappa shape index (κ2) is 26.0. The van der Waals surface area contributed by atoms with Crippen molar-refractivity contribution in [1.29, 1.82) is 0 Å². The minimum atomic E-state index is 0.899. The van der Waals surface area contributed by atoms with Crippen molar-refractivity contribution in [1.82, 2.24) is 9.13 Å². The highest BCUT2D eigenvalue weighted by atomic mass is 16.3. The maximum absolute atomic E-state index is 6.53. The fraction of sp³-hybridized carbons (Fsp3) is 0. The molecule has 6 nitrogen and oxygen atoms in total.